The maximum Gasteiger partial charge on any atom is 0.126 e. The van der Waals surface area contributed by atoms with Crippen molar-refractivity contribution < 1.29 is 14.2 Å². The van der Waals surface area contributed by atoms with Crippen LogP contribution >= 0.6 is 15.9 Å². The normalized spacial score (nSPS) is 18.7. The lowest BCUT2D eigenvalue weighted by Crippen LogP contribution is -2.33. The number of phenols is 1. The Hall–Kier alpha value is -2.70. The van der Waals surface area contributed by atoms with Gasteiger partial charge in [-0.3, -0.25) is 10.3 Å². The number of nitrogens with one attached hydrogen (secondary N) is 1. The molecular formula is C24H22BrFN2O2. The van der Waals surface area contributed by atoms with E-state index in [1.54, 1.807) is 18.2 Å². The van der Waals surface area contributed by atoms with Crippen molar-refractivity contribution in [2.24, 2.45) is 4.99 Å². The number of hydrogen-bond acceptors (Lipinski definition) is 4. The van der Waals surface area contributed by atoms with Gasteiger partial charge in [-0.1, -0.05) is 28.1 Å². The van der Waals surface area contributed by atoms with E-state index in [0.717, 1.165) is 32.6 Å². The Kier molecular flexibility index (Phi) is 6.16. The van der Waals surface area contributed by atoms with Gasteiger partial charge in [0.1, 0.15) is 23.5 Å². The molecule has 4 nitrogen and oxygen atoms in total. The zero-order valence-electron chi connectivity index (χ0n) is 16.5. The number of aromatic hydroxyl groups is 1. The fourth-order valence-electron chi connectivity index (χ4n) is 3.64. The number of benzene rings is 3. The number of halogens is 2. The summed E-state index contributed by atoms with van der Waals surface area (Å²) in [5.41, 5.74) is 3.36. The molecule has 2 N–H and O–H groups in total. The second-order valence-corrected chi connectivity index (χ2v) is 8.03. The van der Waals surface area contributed by atoms with Gasteiger partial charge in [-0.2, -0.15) is 0 Å². The Bertz CT molecular complexity index is 1070. The monoisotopic (exact) mass is 468 g/mol. The summed E-state index contributed by atoms with van der Waals surface area (Å²) in [5.74, 6) is 0.708. The molecule has 154 valence electrons. The van der Waals surface area contributed by atoms with E-state index in [1.807, 2.05) is 43.3 Å². The summed E-state index contributed by atoms with van der Waals surface area (Å²) in [6.07, 6.45) is 0.156. The number of ether oxygens (including phenoxy) is 1. The van der Waals surface area contributed by atoms with E-state index in [2.05, 4.69) is 21.2 Å². The summed E-state index contributed by atoms with van der Waals surface area (Å²) in [6, 6.07) is 19.4. The third kappa shape index (κ3) is 4.55. The van der Waals surface area contributed by atoms with Gasteiger partial charge in [0.05, 0.1) is 6.61 Å². The van der Waals surface area contributed by atoms with Gasteiger partial charge in [0.2, 0.25) is 0 Å². The fourth-order valence-corrected chi connectivity index (χ4v) is 4.02. The first-order valence-corrected chi connectivity index (χ1v) is 10.6. The highest BCUT2D eigenvalue weighted by atomic mass is 79.9. The van der Waals surface area contributed by atoms with Crippen LogP contribution in [0.1, 0.15) is 42.2 Å². The Labute approximate surface area is 183 Å². The average molecular weight is 469 g/mol. The SMILES string of the molecule is CCOc1ccc(C2=NC(c3cccc(F)c3)NC(c3cc(Br)ccc3O)C2)cc1. The van der Waals surface area contributed by atoms with Crippen LogP contribution in [0, 0.1) is 5.82 Å². The van der Waals surface area contributed by atoms with E-state index in [0.29, 0.717) is 13.0 Å². The van der Waals surface area contributed by atoms with Crippen LogP contribution in [0.25, 0.3) is 0 Å². The van der Waals surface area contributed by atoms with Crippen molar-refractivity contribution in [2.75, 3.05) is 6.61 Å². The zero-order chi connectivity index (χ0) is 21.1. The number of aliphatic imine (C=N–C) groups is 1. The van der Waals surface area contributed by atoms with Crippen molar-refractivity contribution in [1.29, 1.82) is 0 Å². The summed E-state index contributed by atoms with van der Waals surface area (Å²) in [4.78, 5) is 4.87. The van der Waals surface area contributed by atoms with Gasteiger partial charge in [-0.05, 0) is 72.6 Å². The van der Waals surface area contributed by atoms with Crippen LogP contribution < -0.4 is 10.1 Å². The van der Waals surface area contributed by atoms with Gasteiger partial charge in [-0.15, -0.1) is 0 Å². The van der Waals surface area contributed by atoms with Crippen molar-refractivity contribution in [3.8, 4) is 11.5 Å². The molecule has 3 aromatic carbocycles. The van der Waals surface area contributed by atoms with Crippen LogP contribution in [0.5, 0.6) is 11.5 Å². The van der Waals surface area contributed by atoms with E-state index >= 15 is 0 Å². The van der Waals surface area contributed by atoms with Crippen molar-refractivity contribution >= 4 is 21.6 Å². The van der Waals surface area contributed by atoms with Gasteiger partial charge in [0, 0.05) is 28.2 Å². The molecule has 1 aliphatic rings. The molecule has 2 atom stereocenters. The first kappa shape index (κ1) is 20.6. The molecule has 1 aliphatic heterocycles. The predicted molar refractivity (Wildman–Crippen MR) is 120 cm³/mol. The molecule has 0 spiro atoms. The lowest BCUT2D eigenvalue weighted by molar-refractivity contribution is 0.340. The van der Waals surface area contributed by atoms with E-state index < -0.39 is 6.17 Å². The summed E-state index contributed by atoms with van der Waals surface area (Å²) in [5, 5.41) is 13.9. The molecule has 0 amide bonds. The molecule has 3 aromatic rings. The van der Waals surface area contributed by atoms with E-state index in [-0.39, 0.29) is 17.6 Å². The van der Waals surface area contributed by atoms with Crippen molar-refractivity contribution in [3.05, 3.63) is 93.7 Å². The van der Waals surface area contributed by atoms with Crippen LogP contribution in [0.4, 0.5) is 4.39 Å². The van der Waals surface area contributed by atoms with Crippen LogP contribution in [-0.2, 0) is 0 Å². The van der Waals surface area contributed by atoms with Crippen LogP contribution in [0.2, 0.25) is 0 Å². The lowest BCUT2D eigenvalue weighted by Gasteiger charge is -2.31. The first-order chi connectivity index (χ1) is 14.5. The molecule has 4 rings (SSSR count). The zero-order valence-corrected chi connectivity index (χ0v) is 18.1. The largest absolute Gasteiger partial charge is 0.508 e. The van der Waals surface area contributed by atoms with Crippen molar-refractivity contribution in [3.63, 3.8) is 0 Å². The standard InChI is InChI=1S/C24H22BrFN2O2/c1-2-30-19-9-6-15(7-10-19)21-14-22(20-13-17(25)8-11-23(20)29)28-24(27-21)16-4-3-5-18(26)12-16/h3-13,22,24,28-29H,2,14H2,1H3. The van der Waals surface area contributed by atoms with Gasteiger partial charge in [-0.25, -0.2) is 4.39 Å². The second-order valence-electron chi connectivity index (χ2n) is 7.12. The fraction of sp³-hybridized carbons (Fsp3) is 0.208. The Balaban J connectivity index is 1.73. The summed E-state index contributed by atoms with van der Waals surface area (Å²) in [7, 11) is 0. The summed E-state index contributed by atoms with van der Waals surface area (Å²) >= 11 is 3.48. The van der Waals surface area contributed by atoms with Crippen LogP contribution in [0.3, 0.4) is 0 Å². The molecular weight excluding hydrogens is 447 g/mol. The van der Waals surface area contributed by atoms with E-state index in [9.17, 15) is 9.50 Å². The van der Waals surface area contributed by atoms with Crippen molar-refractivity contribution in [1.82, 2.24) is 5.32 Å². The molecule has 30 heavy (non-hydrogen) atoms. The van der Waals surface area contributed by atoms with Crippen molar-refractivity contribution in [2.45, 2.75) is 25.6 Å². The highest BCUT2D eigenvalue weighted by molar-refractivity contribution is 9.10. The highest BCUT2D eigenvalue weighted by Crippen LogP contribution is 2.36. The molecule has 0 saturated carbocycles. The maximum absolute atomic E-state index is 13.9. The third-order valence-corrected chi connectivity index (χ3v) is 5.56. The lowest BCUT2D eigenvalue weighted by atomic mass is 9.93. The van der Waals surface area contributed by atoms with E-state index in [1.165, 1.54) is 12.1 Å². The molecule has 0 saturated heterocycles. The molecule has 0 fully saturated rings. The Morgan fingerprint density at radius 2 is 1.93 bits per heavy atom. The molecule has 2 unspecified atom stereocenters. The molecule has 0 bridgehead atoms. The quantitative estimate of drug-likeness (QED) is 0.488. The third-order valence-electron chi connectivity index (χ3n) is 5.07. The van der Waals surface area contributed by atoms with Gasteiger partial charge in [0.15, 0.2) is 0 Å². The summed E-state index contributed by atoms with van der Waals surface area (Å²) < 4.78 is 20.3. The maximum atomic E-state index is 13.9. The number of phenolic OH excluding ortho intramolecular Hbond substituents is 1. The number of hydrogen-bond donors (Lipinski definition) is 2. The molecule has 6 heteroatoms. The van der Waals surface area contributed by atoms with E-state index in [4.69, 9.17) is 9.73 Å². The molecule has 0 aliphatic carbocycles. The average Bonchev–Trinajstić information content (AvgIpc) is 2.76. The van der Waals surface area contributed by atoms with Gasteiger partial charge < -0.3 is 9.84 Å². The number of nitrogens with zero attached hydrogens (tertiary/aromatic N) is 1. The molecule has 0 radical (unpaired) electrons. The van der Waals surface area contributed by atoms with Crippen LogP contribution in [0.15, 0.2) is 76.2 Å². The first-order valence-electron chi connectivity index (χ1n) is 9.83. The van der Waals surface area contributed by atoms with Gasteiger partial charge in [0.25, 0.3) is 0 Å². The molecule has 1 heterocycles. The summed E-state index contributed by atoms with van der Waals surface area (Å²) in [6.45, 7) is 2.56. The second kappa shape index (κ2) is 8.98. The van der Waals surface area contributed by atoms with Crippen LogP contribution in [-0.4, -0.2) is 17.4 Å². The Morgan fingerprint density at radius 3 is 2.67 bits per heavy atom. The topological polar surface area (TPSA) is 53.8 Å². The smallest absolute Gasteiger partial charge is 0.126 e. The van der Waals surface area contributed by atoms with Gasteiger partial charge >= 0.3 is 0 Å². The Morgan fingerprint density at radius 1 is 1.13 bits per heavy atom. The minimum Gasteiger partial charge on any atom is -0.508 e. The highest BCUT2D eigenvalue weighted by Gasteiger charge is 2.28. The minimum absolute atomic E-state index is 0.185. The predicted octanol–water partition coefficient (Wildman–Crippen LogP) is 5.92. The molecule has 0 aromatic heterocycles. The minimum atomic E-state index is -0.431. The number of rotatable bonds is 5.